The number of fused-ring (bicyclic) bond motifs is 3. The Labute approximate surface area is 144 Å². The molecule has 4 rings (SSSR count). The molecule has 2 nitrogen and oxygen atoms in total. The molecule has 0 bridgehead atoms. The lowest BCUT2D eigenvalue weighted by molar-refractivity contribution is 1.17. The van der Waals surface area contributed by atoms with Crippen LogP contribution in [0.15, 0.2) is 69.6 Å². The SMILES string of the molecule is Nc1c(Br)cc(-n2c3ccccc3c3ccccc32)cc1Br. The van der Waals surface area contributed by atoms with Crippen LogP contribution in [0.3, 0.4) is 0 Å². The molecular weight excluding hydrogens is 404 g/mol. The first-order valence-electron chi connectivity index (χ1n) is 6.90. The monoisotopic (exact) mass is 414 g/mol. The van der Waals surface area contributed by atoms with E-state index < -0.39 is 0 Å². The van der Waals surface area contributed by atoms with Crippen LogP contribution >= 0.6 is 31.9 Å². The van der Waals surface area contributed by atoms with Gasteiger partial charge in [-0.1, -0.05) is 36.4 Å². The summed E-state index contributed by atoms with van der Waals surface area (Å²) in [7, 11) is 0. The van der Waals surface area contributed by atoms with Crippen molar-refractivity contribution in [1.82, 2.24) is 4.57 Å². The van der Waals surface area contributed by atoms with E-state index in [1.807, 2.05) is 0 Å². The number of benzene rings is 3. The lowest BCUT2D eigenvalue weighted by Gasteiger charge is -2.11. The Kier molecular flexibility index (Phi) is 3.24. The van der Waals surface area contributed by atoms with E-state index >= 15 is 0 Å². The average Bonchev–Trinajstić information content (AvgIpc) is 2.87. The van der Waals surface area contributed by atoms with Gasteiger partial charge in [-0.3, -0.25) is 0 Å². The van der Waals surface area contributed by atoms with E-state index in [1.54, 1.807) is 0 Å². The number of nitrogens with zero attached hydrogens (tertiary/aromatic N) is 1. The zero-order chi connectivity index (χ0) is 15.3. The fourth-order valence-electron chi connectivity index (χ4n) is 2.90. The van der Waals surface area contributed by atoms with Gasteiger partial charge in [0, 0.05) is 25.4 Å². The van der Waals surface area contributed by atoms with E-state index in [0.29, 0.717) is 5.69 Å². The molecule has 1 aromatic heterocycles. The second-order valence-electron chi connectivity index (χ2n) is 5.19. The Morgan fingerprint density at radius 2 is 1.18 bits per heavy atom. The van der Waals surface area contributed by atoms with Crippen LogP contribution in [0.5, 0.6) is 0 Å². The molecule has 0 atom stereocenters. The summed E-state index contributed by atoms with van der Waals surface area (Å²) in [5.41, 5.74) is 10.2. The highest BCUT2D eigenvalue weighted by atomic mass is 79.9. The van der Waals surface area contributed by atoms with Crippen LogP contribution in [0.2, 0.25) is 0 Å². The molecule has 2 N–H and O–H groups in total. The largest absolute Gasteiger partial charge is 0.397 e. The zero-order valence-corrected chi connectivity index (χ0v) is 14.7. The Balaban J connectivity index is 2.17. The molecule has 0 aliphatic carbocycles. The van der Waals surface area contributed by atoms with Crippen molar-refractivity contribution in [2.24, 2.45) is 0 Å². The Hall–Kier alpha value is -1.78. The lowest BCUT2D eigenvalue weighted by Crippen LogP contribution is -1.96. The third-order valence-electron chi connectivity index (χ3n) is 3.90. The summed E-state index contributed by atoms with van der Waals surface area (Å²) in [6.45, 7) is 0. The topological polar surface area (TPSA) is 30.9 Å². The summed E-state index contributed by atoms with van der Waals surface area (Å²) >= 11 is 7.08. The van der Waals surface area contributed by atoms with E-state index in [9.17, 15) is 0 Å². The van der Waals surface area contributed by atoms with E-state index in [0.717, 1.165) is 14.6 Å². The maximum absolute atomic E-state index is 6.03. The van der Waals surface area contributed by atoms with Crippen molar-refractivity contribution in [1.29, 1.82) is 0 Å². The number of rotatable bonds is 1. The van der Waals surface area contributed by atoms with E-state index in [-0.39, 0.29) is 0 Å². The highest BCUT2D eigenvalue weighted by Crippen LogP contribution is 2.36. The molecule has 0 radical (unpaired) electrons. The minimum absolute atomic E-state index is 0.713. The fourth-order valence-corrected chi connectivity index (χ4v) is 4.06. The molecule has 0 aliphatic rings. The van der Waals surface area contributed by atoms with Crippen molar-refractivity contribution in [3.05, 3.63) is 69.6 Å². The molecular formula is C18H12Br2N2. The van der Waals surface area contributed by atoms with Gasteiger partial charge in [-0.05, 0) is 56.1 Å². The predicted octanol–water partition coefficient (Wildman–Crippen LogP) is 5.89. The van der Waals surface area contributed by atoms with Crippen molar-refractivity contribution < 1.29 is 0 Å². The first-order chi connectivity index (χ1) is 10.7. The molecule has 0 fully saturated rings. The third kappa shape index (κ3) is 1.98. The molecule has 3 aromatic carbocycles. The van der Waals surface area contributed by atoms with Crippen molar-refractivity contribution in [3.8, 4) is 5.69 Å². The van der Waals surface area contributed by atoms with Crippen LogP contribution in [0.1, 0.15) is 0 Å². The molecule has 4 aromatic rings. The van der Waals surface area contributed by atoms with Crippen LogP contribution in [0.25, 0.3) is 27.5 Å². The van der Waals surface area contributed by atoms with E-state index in [4.69, 9.17) is 5.73 Å². The number of halogens is 2. The fraction of sp³-hybridized carbons (Fsp3) is 0. The molecule has 0 amide bonds. The second-order valence-corrected chi connectivity index (χ2v) is 6.90. The minimum atomic E-state index is 0.713. The molecule has 22 heavy (non-hydrogen) atoms. The number of hydrogen-bond acceptors (Lipinski definition) is 1. The molecule has 0 unspecified atom stereocenters. The molecule has 0 saturated carbocycles. The first-order valence-corrected chi connectivity index (χ1v) is 8.48. The van der Waals surface area contributed by atoms with Crippen LogP contribution in [-0.2, 0) is 0 Å². The van der Waals surface area contributed by atoms with Gasteiger partial charge in [-0.2, -0.15) is 0 Å². The maximum atomic E-state index is 6.03. The third-order valence-corrected chi connectivity index (χ3v) is 5.21. The van der Waals surface area contributed by atoms with Crippen LogP contribution in [-0.4, -0.2) is 4.57 Å². The van der Waals surface area contributed by atoms with Gasteiger partial charge in [-0.15, -0.1) is 0 Å². The van der Waals surface area contributed by atoms with Gasteiger partial charge in [0.15, 0.2) is 0 Å². The van der Waals surface area contributed by atoms with Crippen molar-refractivity contribution in [2.75, 3.05) is 5.73 Å². The number of nitrogens with two attached hydrogens (primary N) is 1. The summed E-state index contributed by atoms with van der Waals surface area (Å²) in [4.78, 5) is 0. The van der Waals surface area contributed by atoms with Gasteiger partial charge in [0.1, 0.15) is 0 Å². The number of para-hydroxylation sites is 2. The molecule has 4 heteroatoms. The number of anilines is 1. The van der Waals surface area contributed by atoms with Crippen LogP contribution in [0, 0.1) is 0 Å². The molecule has 108 valence electrons. The second kappa shape index (κ2) is 5.14. The summed E-state index contributed by atoms with van der Waals surface area (Å²) in [6.07, 6.45) is 0. The van der Waals surface area contributed by atoms with Crippen LogP contribution in [0.4, 0.5) is 5.69 Å². The quantitative estimate of drug-likeness (QED) is 0.386. The predicted molar refractivity (Wildman–Crippen MR) is 101 cm³/mol. The van der Waals surface area contributed by atoms with Gasteiger partial charge in [0.05, 0.1) is 16.7 Å². The smallest absolute Gasteiger partial charge is 0.0604 e. The molecule has 0 spiro atoms. The molecule has 1 heterocycles. The summed E-state index contributed by atoms with van der Waals surface area (Å²) in [5, 5.41) is 2.50. The van der Waals surface area contributed by atoms with Gasteiger partial charge in [0.2, 0.25) is 0 Å². The average molecular weight is 416 g/mol. The standard InChI is InChI=1S/C18H12Br2N2/c19-14-9-11(10-15(20)18(14)21)22-16-7-3-1-5-12(16)13-6-2-4-8-17(13)22/h1-10H,21H2. The van der Waals surface area contributed by atoms with Crippen molar-refractivity contribution >= 4 is 59.4 Å². The Morgan fingerprint density at radius 3 is 1.68 bits per heavy atom. The van der Waals surface area contributed by atoms with E-state index in [2.05, 4.69) is 97.1 Å². The normalized spacial score (nSPS) is 11.4. The summed E-state index contributed by atoms with van der Waals surface area (Å²) in [5.74, 6) is 0. The van der Waals surface area contributed by atoms with Gasteiger partial charge < -0.3 is 10.3 Å². The van der Waals surface area contributed by atoms with Crippen molar-refractivity contribution in [2.45, 2.75) is 0 Å². The Bertz CT molecular complexity index is 942. The summed E-state index contributed by atoms with van der Waals surface area (Å²) < 4.78 is 4.04. The first kappa shape index (κ1) is 13.9. The highest BCUT2D eigenvalue weighted by Gasteiger charge is 2.13. The van der Waals surface area contributed by atoms with Gasteiger partial charge in [0.25, 0.3) is 0 Å². The lowest BCUT2D eigenvalue weighted by atomic mass is 10.2. The number of nitrogen functional groups attached to an aromatic ring is 1. The minimum Gasteiger partial charge on any atom is -0.397 e. The molecule has 0 saturated heterocycles. The zero-order valence-electron chi connectivity index (χ0n) is 11.6. The molecule has 0 aliphatic heterocycles. The highest BCUT2D eigenvalue weighted by molar-refractivity contribution is 9.11. The Morgan fingerprint density at radius 1 is 0.727 bits per heavy atom. The van der Waals surface area contributed by atoms with Crippen molar-refractivity contribution in [3.63, 3.8) is 0 Å². The summed E-state index contributed by atoms with van der Waals surface area (Å²) in [6, 6.07) is 21.0. The van der Waals surface area contributed by atoms with E-state index in [1.165, 1.54) is 21.8 Å². The number of aromatic nitrogens is 1. The van der Waals surface area contributed by atoms with Gasteiger partial charge in [-0.25, -0.2) is 0 Å². The number of hydrogen-bond donors (Lipinski definition) is 1. The van der Waals surface area contributed by atoms with Crippen LogP contribution < -0.4 is 5.73 Å². The van der Waals surface area contributed by atoms with Gasteiger partial charge >= 0.3 is 0 Å². The maximum Gasteiger partial charge on any atom is 0.0604 e.